The summed E-state index contributed by atoms with van der Waals surface area (Å²) in [5.74, 6) is 0. The zero-order chi connectivity index (χ0) is 13.0. The van der Waals surface area contributed by atoms with Crippen LogP contribution in [0.3, 0.4) is 0 Å². The Morgan fingerprint density at radius 3 is 2.83 bits per heavy atom. The van der Waals surface area contributed by atoms with Crippen molar-refractivity contribution in [2.45, 2.75) is 13.5 Å². The van der Waals surface area contributed by atoms with E-state index in [1.54, 1.807) is 0 Å². The molecule has 1 saturated heterocycles. The summed E-state index contributed by atoms with van der Waals surface area (Å²) in [4.78, 5) is 5.22. The molecule has 5 nitrogen and oxygen atoms in total. The molecule has 0 radical (unpaired) electrons. The Labute approximate surface area is 120 Å². The summed E-state index contributed by atoms with van der Waals surface area (Å²) in [5, 5.41) is 7.03. The first kappa shape index (κ1) is 13.5. The van der Waals surface area contributed by atoms with Gasteiger partial charge in [-0.25, -0.2) is 0 Å². The molecule has 6 heteroatoms. The van der Waals surface area contributed by atoms with Crippen LogP contribution in [0.5, 0.6) is 0 Å². The van der Waals surface area contributed by atoms with Gasteiger partial charge in [0, 0.05) is 40.3 Å². The van der Waals surface area contributed by atoms with Crippen LogP contribution in [0.15, 0.2) is 17.2 Å². The lowest BCUT2D eigenvalue weighted by Crippen LogP contribution is -2.43. The normalized spacial score (nSPS) is 15.3. The first-order valence-corrected chi connectivity index (χ1v) is 7.06. The molecule has 0 bridgehead atoms. The van der Waals surface area contributed by atoms with Crippen molar-refractivity contribution < 1.29 is 0 Å². The quantitative estimate of drug-likeness (QED) is 0.391. The largest absolute Gasteiger partial charge is 0.369 e. The van der Waals surface area contributed by atoms with E-state index in [4.69, 9.17) is 5.53 Å². The minimum atomic E-state index is 0.429. The zero-order valence-electron chi connectivity index (χ0n) is 10.4. The van der Waals surface area contributed by atoms with E-state index in [1.165, 1.54) is 14.8 Å². The molecule has 1 aliphatic heterocycles. The minimum absolute atomic E-state index is 0.429. The Kier molecular flexibility index (Phi) is 4.68. The van der Waals surface area contributed by atoms with Crippen molar-refractivity contribution in [3.63, 3.8) is 0 Å². The highest BCUT2D eigenvalue weighted by molar-refractivity contribution is 14.1. The van der Waals surface area contributed by atoms with Gasteiger partial charge < -0.3 is 10.2 Å². The summed E-state index contributed by atoms with van der Waals surface area (Å²) in [6.45, 7) is 6.61. The first-order chi connectivity index (χ1) is 8.72. The molecule has 2 rings (SSSR count). The van der Waals surface area contributed by atoms with Gasteiger partial charge in [0.2, 0.25) is 0 Å². The van der Waals surface area contributed by atoms with Gasteiger partial charge in [-0.2, -0.15) is 0 Å². The topological polar surface area (TPSA) is 64.0 Å². The molecule has 0 spiro atoms. The van der Waals surface area contributed by atoms with Crippen molar-refractivity contribution in [1.82, 2.24) is 5.32 Å². The predicted octanol–water partition coefficient (Wildman–Crippen LogP) is 2.82. The SMILES string of the molecule is Cc1c(I)cc(N2CCNCC2)cc1CN=[N+]=[N-]. The molecule has 0 aliphatic carbocycles. The third-order valence-corrected chi connectivity index (χ3v) is 4.34. The average Bonchev–Trinajstić information content (AvgIpc) is 2.41. The molecule has 0 atom stereocenters. The fourth-order valence-electron chi connectivity index (χ4n) is 2.10. The van der Waals surface area contributed by atoms with Crippen LogP contribution in [0.4, 0.5) is 5.69 Å². The molecular weight excluding hydrogens is 341 g/mol. The van der Waals surface area contributed by atoms with Crippen molar-refractivity contribution in [2.75, 3.05) is 31.1 Å². The van der Waals surface area contributed by atoms with Crippen LogP contribution < -0.4 is 10.2 Å². The van der Waals surface area contributed by atoms with Gasteiger partial charge >= 0.3 is 0 Å². The number of piperazine rings is 1. The van der Waals surface area contributed by atoms with Gasteiger partial charge in [0.15, 0.2) is 0 Å². The number of halogens is 1. The number of azide groups is 1. The van der Waals surface area contributed by atoms with Crippen LogP contribution in [-0.4, -0.2) is 26.2 Å². The summed E-state index contributed by atoms with van der Waals surface area (Å²) >= 11 is 2.35. The second-order valence-electron chi connectivity index (χ2n) is 4.34. The van der Waals surface area contributed by atoms with Gasteiger partial charge in [0.05, 0.1) is 6.54 Å². The predicted molar refractivity (Wildman–Crippen MR) is 81.8 cm³/mol. The number of rotatable bonds is 3. The van der Waals surface area contributed by atoms with Gasteiger partial charge in [-0.3, -0.25) is 0 Å². The van der Waals surface area contributed by atoms with Crippen molar-refractivity contribution in [3.8, 4) is 0 Å². The molecule has 1 aromatic rings. The standard InChI is InChI=1S/C12H16IN5/c1-9-10(8-16-17-14)6-11(7-12(9)13)18-4-2-15-3-5-18/h6-7,15H,2-5,8H2,1H3. The molecule has 0 aromatic heterocycles. The molecule has 0 amide bonds. The van der Waals surface area contributed by atoms with Gasteiger partial charge in [-0.1, -0.05) is 5.11 Å². The van der Waals surface area contributed by atoms with E-state index in [-0.39, 0.29) is 0 Å². The molecule has 1 N–H and O–H groups in total. The molecule has 0 unspecified atom stereocenters. The maximum Gasteiger partial charge on any atom is 0.0514 e. The smallest absolute Gasteiger partial charge is 0.0514 e. The lowest BCUT2D eigenvalue weighted by molar-refractivity contribution is 0.589. The number of nitrogens with zero attached hydrogens (tertiary/aromatic N) is 4. The molecule has 0 saturated carbocycles. The maximum absolute atomic E-state index is 8.44. The van der Waals surface area contributed by atoms with Crippen LogP contribution in [0.1, 0.15) is 11.1 Å². The molecule has 1 aromatic carbocycles. The first-order valence-electron chi connectivity index (χ1n) is 5.98. The van der Waals surface area contributed by atoms with Gasteiger partial charge in [-0.15, -0.1) is 0 Å². The van der Waals surface area contributed by atoms with Crippen LogP contribution in [0.25, 0.3) is 10.4 Å². The molecule has 1 fully saturated rings. The third-order valence-electron chi connectivity index (χ3n) is 3.22. The Hall–Kier alpha value is -0.980. The molecule has 96 valence electrons. The van der Waals surface area contributed by atoms with Crippen molar-refractivity contribution in [2.24, 2.45) is 5.11 Å². The molecular formula is C12H16IN5. The van der Waals surface area contributed by atoms with Crippen molar-refractivity contribution in [1.29, 1.82) is 0 Å². The highest BCUT2D eigenvalue weighted by Gasteiger charge is 2.13. The van der Waals surface area contributed by atoms with Gasteiger partial charge in [-0.05, 0) is 58.3 Å². The Bertz CT molecular complexity index is 476. The molecule has 1 aliphatic rings. The monoisotopic (exact) mass is 357 g/mol. The minimum Gasteiger partial charge on any atom is -0.369 e. The van der Waals surface area contributed by atoms with E-state index in [0.717, 1.165) is 31.7 Å². The molecule has 1 heterocycles. The maximum atomic E-state index is 8.44. The van der Waals surface area contributed by atoms with Gasteiger partial charge in [0.1, 0.15) is 0 Å². The van der Waals surface area contributed by atoms with E-state index >= 15 is 0 Å². The van der Waals surface area contributed by atoms with E-state index < -0.39 is 0 Å². The van der Waals surface area contributed by atoms with E-state index in [9.17, 15) is 0 Å². The summed E-state index contributed by atoms with van der Waals surface area (Å²) in [7, 11) is 0. The number of hydrogen-bond donors (Lipinski definition) is 1. The summed E-state index contributed by atoms with van der Waals surface area (Å²) in [6, 6.07) is 4.36. The third kappa shape index (κ3) is 3.07. The number of benzene rings is 1. The van der Waals surface area contributed by atoms with Crippen LogP contribution in [0.2, 0.25) is 0 Å². The van der Waals surface area contributed by atoms with Crippen molar-refractivity contribution in [3.05, 3.63) is 37.3 Å². The Morgan fingerprint density at radius 1 is 1.44 bits per heavy atom. The van der Waals surface area contributed by atoms with Gasteiger partial charge in [0.25, 0.3) is 0 Å². The Balaban J connectivity index is 2.30. The van der Waals surface area contributed by atoms with Crippen LogP contribution in [-0.2, 0) is 6.54 Å². The highest BCUT2D eigenvalue weighted by atomic mass is 127. The lowest BCUT2D eigenvalue weighted by Gasteiger charge is -2.30. The fourth-order valence-corrected chi connectivity index (χ4v) is 2.76. The highest BCUT2D eigenvalue weighted by Crippen LogP contribution is 2.25. The lowest BCUT2D eigenvalue weighted by atomic mass is 10.1. The van der Waals surface area contributed by atoms with E-state index in [1.807, 2.05) is 0 Å². The number of nitrogens with one attached hydrogen (secondary N) is 1. The number of hydrogen-bond acceptors (Lipinski definition) is 3. The zero-order valence-corrected chi connectivity index (χ0v) is 12.5. The fraction of sp³-hybridized carbons (Fsp3) is 0.500. The number of anilines is 1. The van der Waals surface area contributed by atoms with E-state index in [0.29, 0.717) is 6.54 Å². The van der Waals surface area contributed by atoms with Crippen LogP contribution in [0, 0.1) is 10.5 Å². The summed E-state index contributed by atoms with van der Waals surface area (Å²) in [5.41, 5.74) is 12.0. The summed E-state index contributed by atoms with van der Waals surface area (Å²) in [6.07, 6.45) is 0. The Morgan fingerprint density at radius 2 is 2.17 bits per heavy atom. The molecule has 18 heavy (non-hydrogen) atoms. The van der Waals surface area contributed by atoms with Crippen LogP contribution >= 0.6 is 22.6 Å². The second kappa shape index (κ2) is 6.26. The second-order valence-corrected chi connectivity index (χ2v) is 5.50. The van der Waals surface area contributed by atoms with Crippen molar-refractivity contribution >= 4 is 28.3 Å². The average molecular weight is 357 g/mol. The van der Waals surface area contributed by atoms with E-state index in [2.05, 4.69) is 61.9 Å². The summed E-state index contributed by atoms with van der Waals surface area (Å²) < 4.78 is 1.23.